The van der Waals surface area contributed by atoms with Crippen LogP contribution in [0, 0.1) is 15.5 Å². The first-order valence-corrected chi connectivity index (χ1v) is 6.32. The third kappa shape index (κ3) is 2.34. The second kappa shape index (κ2) is 5.13. The Balaban J connectivity index is 2.63. The summed E-state index contributed by atoms with van der Waals surface area (Å²) in [5.41, 5.74) is -0.964. The van der Waals surface area contributed by atoms with Crippen molar-refractivity contribution in [1.82, 2.24) is 5.32 Å². The van der Waals surface area contributed by atoms with Crippen LogP contribution in [0.4, 0.5) is 0 Å². The van der Waals surface area contributed by atoms with E-state index in [4.69, 9.17) is 17.6 Å². The van der Waals surface area contributed by atoms with Crippen molar-refractivity contribution in [1.29, 1.82) is 5.41 Å². The highest BCUT2D eigenvalue weighted by Crippen LogP contribution is 2.37. The van der Waals surface area contributed by atoms with Gasteiger partial charge in [0, 0.05) is 4.92 Å². The topological polar surface area (TPSA) is 99.2 Å². The minimum atomic E-state index is -1.79. The van der Waals surface area contributed by atoms with E-state index in [1.165, 1.54) is 6.92 Å². The van der Waals surface area contributed by atoms with E-state index in [1.807, 2.05) is 0 Å². The summed E-state index contributed by atoms with van der Waals surface area (Å²) >= 11 is 5.08. The fourth-order valence-electron chi connectivity index (χ4n) is 2.47. The molecule has 0 amide bonds. The lowest BCUT2D eigenvalue weighted by molar-refractivity contribution is -0.549. The Labute approximate surface area is 120 Å². The van der Waals surface area contributed by atoms with Crippen LogP contribution in [0.3, 0.4) is 0 Å². The van der Waals surface area contributed by atoms with Crippen molar-refractivity contribution in [2.75, 3.05) is 0 Å². The molecule has 0 aromatic heterocycles. The van der Waals surface area contributed by atoms with E-state index in [2.05, 4.69) is 11.2 Å². The normalized spacial score (nSPS) is 29.5. The first kappa shape index (κ1) is 14.3. The highest BCUT2D eigenvalue weighted by atomic mass is 32.1. The van der Waals surface area contributed by atoms with Crippen LogP contribution >= 0.6 is 12.2 Å². The Kier molecular flexibility index (Phi) is 3.67. The number of nitro groups is 1. The average molecular weight is 291 g/mol. The van der Waals surface area contributed by atoms with Crippen LogP contribution in [0.25, 0.3) is 0 Å². The third-order valence-corrected chi connectivity index (χ3v) is 3.66. The fraction of sp³-hybridized carbons (Fsp3) is 0.308. The maximum absolute atomic E-state index is 11.4. The van der Waals surface area contributed by atoms with Crippen molar-refractivity contribution in [2.24, 2.45) is 0 Å². The van der Waals surface area contributed by atoms with E-state index in [-0.39, 0.29) is 10.6 Å². The molecule has 7 heteroatoms. The van der Waals surface area contributed by atoms with Gasteiger partial charge < -0.3 is 10.4 Å². The molecule has 1 aromatic rings. The van der Waals surface area contributed by atoms with Crippen molar-refractivity contribution in [3.63, 3.8) is 0 Å². The molecule has 6 nitrogen and oxygen atoms in total. The third-order valence-electron chi connectivity index (χ3n) is 3.33. The molecule has 1 unspecified atom stereocenters. The monoisotopic (exact) mass is 291 g/mol. The Hall–Kier alpha value is -2.08. The van der Waals surface area contributed by atoms with E-state index in [0.29, 0.717) is 5.56 Å². The minimum absolute atomic E-state index is 0.108. The Morgan fingerprint density at radius 3 is 2.60 bits per heavy atom. The van der Waals surface area contributed by atoms with Gasteiger partial charge in [-0.3, -0.25) is 15.5 Å². The van der Waals surface area contributed by atoms with Crippen molar-refractivity contribution in [2.45, 2.75) is 24.6 Å². The van der Waals surface area contributed by atoms with Crippen molar-refractivity contribution in [3.05, 3.63) is 51.6 Å². The summed E-state index contributed by atoms with van der Waals surface area (Å²) in [6.45, 7) is 1.31. The molecular formula is C13H13N3O3S. The zero-order chi connectivity index (χ0) is 14.9. The number of rotatable bonds is 2. The number of hydrogen-bond donors (Lipinski definition) is 3. The van der Waals surface area contributed by atoms with Crippen LogP contribution in [0.15, 0.2) is 35.9 Å². The molecule has 1 aliphatic rings. The van der Waals surface area contributed by atoms with E-state index in [9.17, 15) is 15.2 Å². The zero-order valence-corrected chi connectivity index (χ0v) is 11.5. The van der Waals surface area contributed by atoms with Crippen molar-refractivity contribution in [3.8, 4) is 0 Å². The SMILES string of the molecule is CC1(O)NC(=S)C(=C=N)[C@H](c2ccccc2)[C@H]1[N+](=O)[O-]. The maximum Gasteiger partial charge on any atom is 0.270 e. The molecule has 0 aliphatic carbocycles. The minimum Gasteiger partial charge on any atom is -0.365 e. The molecule has 20 heavy (non-hydrogen) atoms. The Bertz CT molecular complexity index is 609. The van der Waals surface area contributed by atoms with Crippen LogP contribution in [-0.4, -0.2) is 32.7 Å². The lowest BCUT2D eigenvalue weighted by atomic mass is 9.78. The quantitative estimate of drug-likeness (QED) is 0.250. The molecule has 1 heterocycles. The molecule has 3 N–H and O–H groups in total. The average Bonchev–Trinajstić information content (AvgIpc) is 2.37. The summed E-state index contributed by atoms with van der Waals surface area (Å²) in [4.78, 5) is 10.9. The van der Waals surface area contributed by atoms with E-state index < -0.39 is 22.6 Å². The number of hydrogen-bond acceptors (Lipinski definition) is 5. The molecule has 2 rings (SSSR count). The summed E-state index contributed by atoms with van der Waals surface area (Å²) in [5.74, 6) is 1.36. The van der Waals surface area contributed by atoms with Gasteiger partial charge in [-0.2, -0.15) is 0 Å². The van der Waals surface area contributed by atoms with Gasteiger partial charge in [0.1, 0.15) is 4.99 Å². The molecule has 0 saturated carbocycles. The van der Waals surface area contributed by atoms with Crippen LogP contribution < -0.4 is 5.32 Å². The lowest BCUT2D eigenvalue weighted by Gasteiger charge is -2.39. The number of benzene rings is 1. The molecule has 3 atom stereocenters. The van der Waals surface area contributed by atoms with Gasteiger partial charge >= 0.3 is 0 Å². The van der Waals surface area contributed by atoms with Gasteiger partial charge in [-0.25, -0.2) is 0 Å². The smallest absolute Gasteiger partial charge is 0.270 e. The number of thiocarbonyl (C=S) groups is 1. The number of piperidine rings is 1. The van der Waals surface area contributed by atoms with Gasteiger partial charge in [-0.1, -0.05) is 42.5 Å². The highest BCUT2D eigenvalue weighted by molar-refractivity contribution is 7.80. The van der Waals surface area contributed by atoms with Gasteiger partial charge in [-0.15, -0.1) is 0 Å². The predicted molar refractivity (Wildman–Crippen MR) is 77.6 cm³/mol. The Morgan fingerprint density at radius 2 is 2.10 bits per heavy atom. The van der Waals surface area contributed by atoms with Gasteiger partial charge in [-0.05, 0) is 18.4 Å². The molecule has 1 fully saturated rings. The number of nitrogens with zero attached hydrogens (tertiary/aromatic N) is 1. The maximum atomic E-state index is 11.4. The lowest BCUT2D eigenvalue weighted by Crippen LogP contribution is -2.64. The van der Waals surface area contributed by atoms with Crippen LogP contribution in [0.5, 0.6) is 0 Å². The fourth-order valence-corrected chi connectivity index (χ4v) is 2.85. The van der Waals surface area contributed by atoms with E-state index in [1.54, 1.807) is 30.3 Å². The van der Waals surface area contributed by atoms with E-state index >= 15 is 0 Å². The molecule has 1 aromatic carbocycles. The summed E-state index contributed by atoms with van der Waals surface area (Å²) < 4.78 is 0. The van der Waals surface area contributed by atoms with E-state index in [0.717, 1.165) is 0 Å². The standard InChI is InChI=1S/C13H13N3O3S/c1-13(17)11(16(18)19)10(8-5-3-2-4-6-8)9(7-14)12(20)15-13/h2-6,10-11,14,17H,1H3,(H,15,20)/t10-,11+,13?/m0/s1. The van der Waals surface area contributed by atoms with Gasteiger partial charge in [0.2, 0.25) is 5.72 Å². The summed E-state index contributed by atoms with van der Waals surface area (Å²) in [6.07, 6.45) is 0. The predicted octanol–water partition coefficient (Wildman–Crippen LogP) is 1.23. The second-order valence-electron chi connectivity index (χ2n) is 4.76. The van der Waals surface area contributed by atoms with Crippen molar-refractivity contribution < 1.29 is 10.0 Å². The first-order valence-electron chi connectivity index (χ1n) is 5.91. The van der Waals surface area contributed by atoms with Crippen LogP contribution in [0.2, 0.25) is 0 Å². The summed E-state index contributed by atoms with van der Waals surface area (Å²) in [7, 11) is 0. The van der Waals surface area contributed by atoms with Crippen LogP contribution in [-0.2, 0) is 0 Å². The highest BCUT2D eigenvalue weighted by Gasteiger charge is 2.54. The second-order valence-corrected chi connectivity index (χ2v) is 5.17. The molecule has 1 aliphatic heterocycles. The summed E-state index contributed by atoms with van der Waals surface area (Å²) in [5, 5.41) is 31.5. The summed E-state index contributed by atoms with van der Waals surface area (Å²) in [6, 6.07) is 7.34. The molecular weight excluding hydrogens is 278 g/mol. The molecule has 0 spiro atoms. The number of aliphatic hydroxyl groups is 1. The van der Waals surface area contributed by atoms with Crippen molar-refractivity contribution >= 4 is 23.1 Å². The van der Waals surface area contributed by atoms with Crippen LogP contribution in [0.1, 0.15) is 18.4 Å². The molecule has 1 saturated heterocycles. The van der Waals surface area contributed by atoms with Gasteiger partial charge in [0.25, 0.3) is 6.04 Å². The molecule has 0 bridgehead atoms. The molecule has 104 valence electrons. The number of nitrogens with one attached hydrogen (secondary N) is 2. The largest absolute Gasteiger partial charge is 0.365 e. The van der Waals surface area contributed by atoms with Gasteiger partial charge in [0.05, 0.1) is 11.5 Å². The molecule has 0 radical (unpaired) electrons. The Morgan fingerprint density at radius 1 is 1.50 bits per heavy atom. The first-order chi connectivity index (χ1) is 9.38. The zero-order valence-electron chi connectivity index (χ0n) is 10.7. The van der Waals surface area contributed by atoms with Gasteiger partial charge in [0.15, 0.2) is 0 Å².